The van der Waals surface area contributed by atoms with E-state index in [0.29, 0.717) is 13.2 Å². The van der Waals surface area contributed by atoms with Gasteiger partial charge in [0.2, 0.25) is 5.91 Å². The van der Waals surface area contributed by atoms with Crippen LogP contribution in [-0.2, 0) is 9.53 Å². The van der Waals surface area contributed by atoms with E-state index >= 15 is 0 Å². The van der Waals surface area contributed by atoms with Crippen molar-refractivity contribution in [3.63, 3.8) is 0 Å². The quantitative estimate of drug-likeness (QED) is 0.646. The number of carbonyl (C=O) groups excluding carboxylic acids is 1. The number of nitrogens with one attached hydrogen (secondary N) is 2. The molecule has 1 aliphatic heterocycles. The Kier molecular flexibility index (Phi) is 7.55. The normalized spacial score (nSPS) is 15.8. The second kappa shape index (κ2) is 10.6. The lowest BCUT2D eigenvalue weighted by atomic mass is 10.2. The summed E-state index contributed by atoms with van der Waals surface area (Å²) in [6, 6.07) is 15.0. The van der Waals surface area contributed by atoms with Crippen LogP contribution in [0.25, 0.3) is 0 Å². The van der Waals surface area contributed by atoms with Gasteiger partial charge in [-0.25, -0.2) is 0 Å². The highest BCUT2D eigenvalue weighted by Gasteiger charge is 2.16. The maximum Gasteiger partial charge on any atom is 0.243 e. The van der Waals surface area contributed by atoms with Crippen molar-refractivity contribution in [2.75, 3.05) is 37.0 Å². The van der Waals surface area contributed by atoms with Gasteiger partial charge in [-0.3, -0.25) is 4.79 Å². The Balaban J connectivity index is 1.47. The van der Waals surface area contributed by atoms with E-state index in [-0.39, 0.29) is 18.6 Å². The summed E-state index contributed by atoms with van der Waals surface area (Å²) in [5.41, 5.74) is 1.53. The van der Waals surface area contributed by atoms with Crippen LogP contribution in [0.15, 0.2) is 48.5 Å². The topological polar surface area (TPSA) is 68.8 Å². The predicted molar refractivity (Wildman–Crippen MR) is 110 cm³/mol. The standard InChI is InChI=1S/C22H28N2O4/c1-2-13-26-18-11-9-17(10-12-18)24-22(25)15-23-20-7-3-4-8-21(20)28-16-19-6-5-14-27-19/h3-4,7-12,19,23H,2,5-6,13-16H2,1H3,(H,24,25). The van der Waals surface area contributed by atoms with Crippen molar-refractivity contribution in [3.8, 4) is 11.5 Å². The first-order chi connectivity index (χ1) is 13.7. The minimum absolute atomic E-state index is 0.129. The fourth-order valence-corrected chi connectivity index (χ4v) is 2.93. The van der Waals surface area contributed by atoms with Crippen LogP contribution in [0, 0.1) is 0 Å². The molecular weight excluding hydrogens is 356 g/mol. The number of benzene rings is 2. The van der Waals surface area contributed by atoms with E-state index in [0.717, 1.165) is 48.7 Å². The SMILES string of the molecule is CCCOc1ccc(NC(=O)CNc2ccccc2OCC2CCCO2)cc1. The lowest BCUT2D eigenvalue weighted by Gasteiger charge is -2.15. The van der Waals surface area contributed by atoms with E-state index in [1.165, 1.54) is 0 Å². The number of rotatable bonds is 10. The first-order valence-corrected chi connectivity index (χ1v) is 9.84. The van der Waals surface area contributed by atoms with Gasteiger partial charge in [-0.05, 0) is 55.7 Å². The molecule has 0 aliphatic carbocycles. The molecule has 2 N–H and O–H groups in total. The van der Waals surface area contributed by atoms with Gasteiger partial charge in [-0.1, -0.05) is 19.1 Å². The van der Waals surface area contributed by atoms with Gasteiger partial charge in [0.15, 0.2) is 0 Å². The van der Waals surface area contributed by atoms with Gasteiger partial charge in [0.25, 0.3) is 0 Å². The zero-order chi connectivity index (χ0) is 19.6. The zero-order valence-corrected chi connectivity index (χ0v) is 16.3. The maximum atomic E-state index is 12.3. The van der Waals surface area contributed by atoms with Crippen molar-refractivity contribution >= 4 is 17.3 Å². The second-order valence-corrected chi connectivity index (χ2v) is 6.72. The average Bonchev–Trinajstić information content (AvgIpc) is 3.24. The second-order valence-electron chi connectivity index (χ2n) is 6.72. The Morgan fingerprint density at radius 1 is 1.14 bits per heavy atom. The van der Waals surface area contributed by atoms with Gasteiger partial charge >= 0.3 is 0 Å². The van der Waals surface area contributed by atoms with Crippen LogP contribution < -0.4 is 20.1 Å². The number of hydrogen-bond acceptors (Lipinski definition) is 5. The molecule has 1 heterocycles. The highest BCUT2D eigenvalue weighted by Crippen LogP contribution is 2.25. The lowest BCUT2D eigenvalue weighted by Crippen LogP contribution is -2.22. The van der Waals surface area contributed by atoms with E-state index < -0.39 is 0 Å². The molecule has 0 radical (unpaired) electrons. The highest BCUT2D eigenvalue weighted by molar-refractivity contribution is 5.94. The smallest absolute Gasteiger partial charge is 0.243 e. The number of ether oxygens (including phenoxy) is 3. The highest BCUT2D eigenvalue weighted by atomic mass is 16.5. The first-order valence-electron chi connectivity index (χ1n) is 9.84. The number of hydrogen-bond donors (Lipinski definition) is 2. The summed E-state index contributed by atoms with van der Waals surface area (Å²) in [4.78, 5) is 12.3. The summed E-state index contributed by atoms with van der Waals surface area (Å²) < 4.78 is 17.0. The summed E-state index contributed by atoms with van der Waals surface area (Å²) in [5.74, 6) is 1.40. The van der Waals surface area contributed by atoms with E-state index in [4.69, 9.17) is 14.2 Å². The van der Waals surface area contributed by atoms with Crippen LogP contribution in [0.5, 0.6) is 11.5 Å². The Hall–Kier alpha value is -2.73. The molecule has 1 unspecified atom stereocenters. The molecule has 0 saturated carbocycles. The average molecular weight is 384 g/mol. The first kappa shape index (κ1) is 20.0. The van der Waals surface area contributed by atoms with Gasteiger partial charge in [-0.15, -0.1) is 0 Å². The number of amides is 1. The molecule has 6 heteroatoms. The van der Waals surface area contributed by atoms with Crippen LogP contribution >= 0.6 is 0 Å². The summed E-state index contributed by atoms with van der Waals surface area (Å²) in [6.45, 7) is 4.23. The molecule has 0 spiro atoms. The molecule has 1 atom stereocenters. The van der Waals surface area contributed by atoms with Gasteiger partial charge in [0.05, 0.1) is 24.9 Å². The molecule has 150 valence electrons. The van der Waals surface area contributed by atoms with Crippen molar-refractivity contribution in [1.82, 2.24) is 0 Å². The predicted octanol–water partition coefficient (Wildman–Crippen LogP) is 4.08. The van der Waals surface area contributed by atoms with Crippen molar-refractivity contribution in [1.29, 1.82) is 0 Å². The molecule has 2 aromatic carbocycles. The molecule has 28 heavy (non-hydrogen) atoms. The number of anilines is 2. The zero-order valence-electron chi connectivity index (χ0n) is 16.3. The Bertz CT molecular complexity index is 742. The van der Waals surface area contributed by atoms with Crippen molar-refractivity contribution < 1.29 is 19.0 Å². The van der Waals surface area contributed by atoms with Gasteiger partial charge in [0, 0.05) is 12.3 Å². The van der Waals surface area contributed by atoms with E-state index in [1.54, 1.807) is 0 Å². The molecule has 6 nitrogen and oxygen atoms in total. The van der Waals surface area contributed by atoms with Crippen molar-refractivity contribution in [2.24, 2.45) is 0 Å². The molecule has 1 aliphatic rings. The third-order valence-electron chi connectivity index (χ3n) is 4.39. The lowest BCUT2D eigenvalue weighted by molar-refractivity contribution is -0.114. The fraction of sp³-hybridized carbons (Fsp3) is 0.409. The van der Waals surface area contributed by atoms with Crippen molar-refractivity contribution in [3.05, 3.63) is 48.5 Å². The summed E-state index contributed by atoms with van der Waals surface area (Å²) in [7, 11) is 0. The largest absolute Gasteiger partial charge is 0.494 e. The molecule has 1 fully saturated rings. The molecule has 0 aromatic heterocycles. The van der Waals surface area contributed by atoms with Gasteiger partial charge in [-0.2, -0.15) is 0 Å². The molecule has 2 aromatic rings. The Morgan fingerprint density at radius 3 is 2.71 bits per heavy atom. The van der Waals surface area contributed by atoms with Crippen LogP contribution in [0.1, 0.15) is 26.2 Å². The third kappa shape index (κ3) is 6.16. The summed E-state index contributed by atoms with van der Waals surface area (Å²) >= 11 is 0. The van der Waals surface area contributed by atoms with Gasteiger partial charge in [0.1, 0.15) is 18.1 Å². The van der Waals surface area contributed by atoms with Gasteiger partial charge < -0.3 is 24.8 Å². The van der Waals surface area contributed by atoms with E-state index in [1.807, 2.05) is 48.5 Å². The molecule has 0 bridgehead atoms. The van der Waals surface area contributed by atoms with Crippen LogP contribution in [0.4, 0.5) is 11.4 Å². The minimum atomic E-state index is -0.129. The third-order valence-corrected chi connectivity index (χ3v) is 4.39. The monoisotopic (exact) mass is 384 g/mol. The summed E-state index contributed by atoms with van der Waals surface area (Å²) in [5, 5.41) is 6.02. The van der Waals surface area contributed by atoms with Crippen LogP contribution in [-0.4, -0.2) is 38.4 Å². The van der Waals surface area contributed by atoms with E-state index in [9.17, 15) is 4.79 Å². The molecular formula is C22H28N2O4. The number of carbonyl (C=O) groups is 1. The van der Waals surface area contributed by atoms with Crippen LogP contribution in [0.2, 0.25) is 0 Å². The van der Waals surface area contributed by atoms with E-state index in [2.05, 4.69) is 17.6 Å². The molecule has 1 amide bonds. The molecule has 1 saturated heterocycles. The van der Waals surface area contributed by atoms with Crippen molar-refractivity contribution in [2.45, 2.75) is 32.3 Å². The summed E-state index contributed by atoms with van der Waals surface area (Å²) in [6.07, 6.45) is 3.23. The maximum absolute atomic E-state index is 12.3. The number of para-hydroxylation sites is 2. The minimum Gasteiger partial charge on any atom is -0.494 e. The fourth-order valence-electron chi connectivity index (χ4n) is 2.93. The van der Waals surface area contributed by atoms with Crippen LogP contribution in [0.3, 0.4) is 0 Å². The Labute approximate surface area is 166 Å². The molecule has 3 rings (SSSR count). The Morgan fingerprint density at radius 2 is 1.96 bits per heavy atom.